The smallest absolute Gasteiger partial charge is 0.223 e. The summed E-state index contributed by atoms with van der Waals surface area (Å²) in [5, 5.41) is 4.50. The first-order valence-electron chi connectivity index (χ1n) is 9.04. The Balaban J connectivity index is 1.40. The van der Waals surface area contributed by atoms with E-state index in [4.69, 9.17) is 28.9 Å². The second-order valence-corrected chi connectivity index (χ2v) is 8.65. The van der Waals surface area contributed by atoms with E-state index in [-0.39, 0.29) is 17.7 Å². The number of nitrogens with two attached hydrogens (primary N) is 1. The summed E-state index contributed by atoms with van der Waals surface area (Å²) >= 11 is 12.1. The summed E-state index contributed by atoms with van der Waals surface area (Å²) < 4.78 is 0. The molecule has 3 saturated carbocycles. The van der Waals surface area contributed by atoms with Gasteiger partial charge >= 0.3 is 0 Å². The number of amides is 1. The molecule has 1 aromatic carbocycles. The zero-order valence-corrected chi connectivity index (χ0v) is 15.2. The molecule has 1 amide bonds. The van der Waals surface area contributed by atoms with Gasteiger partial charge in [0.05, 0.1) is 10.0 Å². The van der Waals surface area contributed by atoms with Crippen LogP contribution in [-0.2, 0) is 4.79 Å². The highest BCUT2D eigenvalue weighted by atomic mass is 35.5. The van der Waals surface area contributed by atoms with Crippen LogP contribution in [-0.4, -0.2) is 18.0 Å². The number of nitrogens with one attached hydrogen (secondary N) is 1. The van der Waals surface area contributed by atoms with Crippen molar-refractivity contribution in [1.82, 2.24) is 5.32 Å². The van der Waals surface area contributed by atoms with Gasteiger partial charge in [-0.15, -0.1) is 0 Å². The summed E-state index contributed by atoms with van der Waals surface area (Å²) in [6.45, 7) is 0. The lowest BCUT2D eigenvalue weighted by Gasteiger charge is -2.45. The summed E-state index contributed by atoms with van der Waals surface area (Å²) in [6.07, 6.45) is 6.71. The van der Waals surface area contributed by atoms with Crippen molar-refractivity contribution >= 4 is 29.1 Å². The van der Waals surface area contributed by atoms with Crippen LogP contribution >= 0.6 is 23.2 Å². The number of hydrogen-bond acceptors (Lipinski definition) is 2. The molecule has 130 valence electrons. The van der Waals surface area contributed by atoms with E-state index >= 15 is 0 Å². The summed E-state index contributed by atoms with van der Waals surface area (Å²) in [7, 11) is 0. The van der Waals surface area contributed by atoms with Crippen LogP contribution in [0.4, 0.5) is 0 Å². The molecule has 0 heterocycles. The normalized spacial score (nSPS) is 37.8. The molecule has 3 nitrogen and oxygen atoms in total. The van der Waals surface area contributed by atoms with Gasteiger partial charge < -0.3 is 11.1 Å². The van der Waals surface area contributed by atoms with Gasteiger partial charge in [0.25, 0.3) is 0 Å². The van der Waals surface area contributed by atoms with Gasteiger partial charge in [-0.05, 0) is 67.6 Å². The maximum atomic E-state index is 12.7. The van der Waals surface area contributed by atoms with Gasteiger partial charge in [-0.1, -0.05) is 35.7 Å². The minimum atomic E-state index is 0.0820. The van der Waals surface area contributed by atoms with E-state index in [1.807, 2.05) is 18.2 Å². The number of rotatable bonds is 3. The highest BCUT2D eigenvalue weighted by molar-refractivity contribution is 6.42. The van der Waals surface area contributed by atoms with Crippen molar-refractivity contribution in [3.05, 3.63) is 33.8 Å². The van der Waals surface area contributed by atoms with Gasteiger partial charge in [-0.3, -0.25) is 4.79 Å². The average molecular weight is 367 g/mol. The van der Waals surface area contributed by atoms with E-state index in [9.17, 15) is 4.79 Å². The van der Waals surface area contributed by atoms with Crippen molar-refractivity contribution in [2.75, 3.05) is 0 Å². The highest BCUT2D eigenvalue weighted by Crippen LogP contribution is 2.49. The molecule has 5 heteroatoms. The maximum absolute atomic E-state index is 12.7. The summed E-state index contributed by atoms with van der Waals surface area (Å²) in [6, 6.07) is 6.36. The molecule has 3 fully saturated rings. The van der Waals surface area contributed by atoms with Crippen LogP contribution in [0.25, 0.3) is 0 Å². The second-order valence-electron chi connectivity index (χ2n) is 7.84. The zero-order chi connectivity index (χ0) is 16.8. The van der Waals surface area contributed by atoms with Crippen LogP contribution in [0.3, 0.4) is 0 Å². The number of halogens is 2. The van der Waals surface area contributed by atoms with Crippen LogP contribution in [0.15, 0.2) is 18.2 Å². The lowest BCUT2D eigenvalue weighted by atomic mass is 9.67. The Bertz CT molecular complexity index is 636. The number of hydrogen-bond donors (Lipinski definition) is 2. The van der Waals surface area contributed by atoms with Crippen molar-refractivity contribution in [3.63, 3.8) is 0 Å². The van der Waals surface area contributed by atoms with Gasteiger partial charge in [-0.2, -0.15) is 0 Å². The Labute approximate surface area is 153 Å². The first-order valence-corrected chi connectivity index (χ1v) is 9.79. The summed E-state index contributed by atoms with van der Waals surface area (Å²) in [5.41, 5.74) is 7.30. The number of benzene rings is 1. The van der Waals surface area contributed by atoms with Crippen LogP contribution in [0.2, 0.25) is 10.0 Å². The van der Waals surface area contributed by atoms with Gasteiger partial charge in [-0.25, -0.2) is 0 Å². The molecule has 24 heavy (non-hydrogen) atoms. The van der Waals surface area contributed by atoms with Crippen LogP contribution in [0, 0.1) is 17.8 Å². The Kier molecular flexibility index (Phi) is 4.53. The Morgan fingerprint density at radius 2 is 1.79 bits per heavy atom. The highest BCUT2D eigenvalue weighted by Gasteiger charge is 2.47. The van der Waals surface area contributed by atoms with E-state index in [1.165, 1.54) is 19.3 Å². The predicted molar refractivity (Wildman–Crippen MR) is 97.3 cm³/mol. The first-order chi connectivity index (χ1) is 11.5. The topological polar surface area (TPSA) is 55.1 Å². The molecule has 0 aliphatic heterocycles. The van der Waals surface area contributed by atoms with Crippen molar-refractivity contribution in [1.29, 1.82) is 0 Å². The van der Waals surface area contributed by atoms with Gasteiger partial charge in [0, 0.05) is 18.0 Å². The van der Waals surface area contributed by atoms with Gasteiger partial charge in [0.15, 0.2) is 0 Å². The lowest BCUT2D eigenvalue weighted by Crippen LogP contribution is -2.54. The summed E-state index contributed by atoms with van der Waals surface area (Å²) in [5.74, 6) is 1.71. The first kappa shape index (κ1) is 16.7. The van der Waals surface area contributed by atoms with Crippen LogP contribution < -0.4 is 11.1 Å². The van der Waals surface area contributed by atoms with E-state index in [0.717, 1.165) is 24.8 Å². The van der Waals surface area contributed by atoms with Gasteiger partial charge in [0.1, 0.15) is 0 Å². The standard InChI is InChI=1S/C19H24Cl2N2O/c20-16-5-4-10(8-17(16)21)14-9-15(14)19(24)23-18-11-2-1-3-12(18)7-13(22)6-11/h4-5,8,11-15,18H,1-3,6-7,9,22H2,(H,23,24). The molecule has 4 atom stereocenters. The molecule has 2 bridgehead atoms. The fourth-order valence-electron chi connectivity index (χ4n) is 4.89. The maximum Gasteiger partial charge on any atom is 0.223 e. The third-order valence-electron chi connectivity index (χ3n) is 6.18. The quantitative estimate of drug-likeness (QED) is 0.845. The SMILES string of the molecule is NC1CC2CCCC(C1)C2NC(=O)C1CC1c1ccc(Cl)c(Cl)c1. The van der Waals surface area contributed by atoms with Crippen molar-refractivity contribution in [3.8, 4) is 0 Å². The molecule has 4 rings (SSSR count). The predicted octanol–water partition coefficient (Wildman–Crippen LogP) is 4.12. The molecule has 0 spiro atoms. The van der Waals surface area contributed by atoms with E-state index in [2.05, 4.69) is 5.32 Å². The molecule has 0 radical (unpaired) electrons. The van der Waals surface area contributed by atoms with Crippen molar-refractivity contribution in [2.45, 2.75) is 56.5 Å². The third kappa shape index (κ3) is 3.18. The Morgan fingerprint density at radius 1 is 1.08 bits per heavy atom. The van der Waals surface area contributed by atoms with Crippen molar-refractivity contribution < 1.29 is 4.79 Å². The fourth-order valence-corrected chi connectivity index (χ4v) is 5.20. The van der Waals surface area contributed by atoms with Gasteiger partial charge in [0.2, 0.25) is 5.91 Å². The van der Waals surface area contributed by atoms with E-state index in [0.29, 0.717) is 34.0 Å². The molecule has 4 unspecified atom stereocenters. The number of fused-ring (bicyclic) bond motifs is 2. The summed E-state index contributed by atoms with van der Waals surface area (Å²) in [4.78, 5) is 12.7. The fraction of sp³-hybridized carbons (Fsp3) is 0.632. The Hall–Kier alpha value is -0.770. The molecular weight excluding hydrogens is 343 g/mol. The van der Waals surface area contributed by atoms with Crippen LogP contribution in [0.5, 0.6) is 0 Å². The number of carbonyl (C=O) groups excluding carboxylic acids is 1. The molecular formula is C19H24Cl2N2O. The monoisotopic (exact) mass is 366 g/mol. The Morgan fingerprint density at radius 3 is 2.46 bits per heavy atom. The lowest BCUT2D eigenvalue weighted by molar-refractivity contribution is -0.124. The van der Waals surface area contributed by atoms with Crippen LogP contribution in [0.1, 0.15) is 50.0 Å². The molecule has 3 aliphatic carbocycles. The molecule has 0 saturated heterocycles. The molecule has 3 N–H and O–H groups in total. The minimum absolute atomic E-state index is 0.0820. The third-order valence-corrected chi connectivity index (χ3v) is 6.92. The largest absolute Gasteiger partial charge is 0.353 e. The molecule has 1 aromatic rings. The van der Waals surface area contributed by atoms with E-state index < -0.39 is 0 Å². The second kappa shape index (κ2) is 6.51. The number of carbonyl (C=O) groups is 1. The zero-order valence-electron chi connectivity index (χ0n) is 13.7. The van der Waals surface area contributed by atoms with E-state index in [1.54, 1.807) is 0 Å². The molecule has 0 aromatic heterocycles. The minimum Gasteiger partial charge on any atom is -0.353 e. The van der Waals surface area contributed by atoms with Crippen molar-refractivity contribution in [2.24, 2.45) is 23.5 Å². The average Bonchev–Trinajstić information content (AvgIpc) is 3.31. The molecule has 3 aliphatic rings.